The van der Waals surface area contributed by atoms with E-state index in [-0.39, 0.29) is 0 Å². The van der Waals surface area contributed by atoms with Crippen LogP contribution in [0.15, 0.2) is 35.9 Å². The van der Waals surface area contributed by atoms with E-state index in [4.69, 9.17) is 4.74 Å². The highest BCUT2D eigenvalue weighted by Gasteiger charge is 2.09. The number of aromatic nitrogens is 1. The molecule has 94 valence electrons. The molecular weight excluding hydrogens is 242 g/mol. The molecule has 0 amide bonds. The van der Waals surface area contributed by atoms with Gasteiger partial charge in [0.15, 0.2) is 0 Å². The number of ether oxygens (including phenoxy) is 1. The molecule has 2 aromatic rings. The molecule has 0 spiro atoms. The molecular formula is C15H17NOS. The van der Waals surface area contributed by atoms with Gasteiger partial charge < -0.3 is 4.74 Å². The summed E-state index contributed by atoms with van der Waals surface area (Å²) in [6.07, 6.45) is 4.82. The fraction of sp³-hybridized carbons (Fsp3) is 0.267. The highest BCUT2D eigenvalue weighted by atomic mass is 32.1. The van der Waals surface area contributed by atoms with E-state index in [1.165, 1.54) is 16.7 Å². The van der Waals surface area contributed by atoms with Crippen LogP contribution in [0.4, 0.5) is 0 Å². The van der Waals surface area contributed by atoms with Crippen molar-refractivity contribution in [3.8, 4) is 10.6 Å². The van der Waals surface area contributed by atoms with Gasteiger partial charge in [-0.15, -0.1) is 11.3 Å². The molecule has 0 aliphatic rings. The Hall–Kier alpha value is -1.61. The molecule has 1 aromatic heterocycles. The summed E-state index contributed by atoms with van der Waals surface area (Å²) in [6.45, 7) is 4.15. The zero-order valence-electron chi connectivity index (χ0n) is 10.9. The number of aryl methyl sites for hydroxylation is 1. The number of hydrogen-bond donors (Lipinski definition) is 0. The quantitative estimate of drug-likeness (QED) is 0.760. The molecule has 0 N–H and O–H groups in total. The zero-order valence-corrected chi connectivity index (χ0v) is 11.8. The van der Waals surface area contributed by atoms with Crippen LogP contribution >= 0.6 is 11.3 Å². The van der Waals surface area contributed by atoms with E-state index in [0.29, 0.717) is 0 Å². The van der Waals surface area contributed by atoms with Crippen LogP contribution in [0.2, 0.25) is 0 Å². The van der Waals surface area contributed by atoms with E-state index in [2.05, 4.69) is 30.1 Å². The summed E-state index contributed by atoms with van der Waals surface area (Å²) in [7, 11) is 1.71. The number of benzene rings is 1. The average Bonchev–Trinajstić information content (AvgIpc) is 2.94. The van der Waals surface area contributed by atoms with Crippen molar-refractivity contribution >= 4 is 17.1 Å². The van der Waals surface area contributed by atoms with Gasteiger partial charge >= 0.3 is 0 Å². The number of nitrogens with zero attached hydrogens (tertiary/aromatic N) is 1. The lowest BCUT2D eigenvalue weighted by atomic mass is 10.0. The summed E-state index contributed by atoms with van der Waals surface area (Å²) in [6, 6.07) is 6.43. The second-order valence-electron chi connectivity index (χ2n) is 3.92. The van der Waals surface area contributed by atoms with Crippen molar-refractivity contribution in [3.05, 3.63) is 47.0 Å². The minimum absolute atomic E-state index is 0.928. The number of allylic oxidation sites excluding steroid dienone is 1. The van der Waals surface area contributed by atoms with Gasteiger partial charge in [0.2, 0.25) is 0 Å². The Bertz CT molecular complexity index is 544. The van der Waals surface area contributed by atoms with E-state index in [9.17, 15) is 0 Å². The molecule has 0 bridgehead atoms. The van der Waals surface area contributed by atoms with Gasteiger partial charge in [-0.25, -0.2) is 4.98 Å². The molecule has 1 aromatic carbocycles. The first-order chi connectivity index (χ1) is 8.80. The largest absolute Gasteiger partial charge is 0.496 e. The Labute approximate surface area is 112 Å². The predicted molar refractivity (Wildman–Crippen MR) is 77.6 cm³/mol. The molecule has 1 heterocycles. The molecule has 0 saturated carbocycles. The number of hydrogen-bond acceptors (Lipinski definition) is 3. The van der Waals surface area contributed by atoms with Crippen molar-refractivity contribution in [1.82, 2.24) is 4.98 Å². The average molecular weight is 259 g/mol. The van der Waals surface area contributed by atoms with Crippen LogP contribution in [-0.2, 0) is 11.2 Å². The van der Waals surface area contributed by atoms with Crippen molar-refractivity contribution in [2.45, 2.75) is 20.3 Å². The highest BCUT2D eigenvalue weighted by molar-refractivity contribution is 7.13. The first-order valence-electron chi connectivity index (χ1n) is 6.03. The molecule has 2 rings (SSSR count). The number of thiazole rings is 1. The molecule has 0 aliphatic heterocycles. The van der Waals surface area contributed by atoms with Gasteiger partial charge in [-0.3, -0.25) is 0 Å². The van der Waals surface area contributed by atoms with Gasteiger partial charge in [-0.1, -0.05) is 19.1 Å². The van der Waals surface area contributed by atoms with Crippen LogP contribution in [0.25, 0.3) is 16.3 Å². The van der Waals surface area contributed by atoms with Gasteiger partial charge in [0.1, 0.15) is 10.8 Å². The number of methoxy groups -OCH3 is 1. The monoisotopic (exact) mass is 259 g/mol. The lowest BCUT2D eigenvalue weighted by Gasteiger charge is -2.12. The van der Waals surface area contributed by atoms with Gasteiger partial charge in [-0.2, -0.15) is 0 Å². The van der Waals surface area contributed by atoms with Gasteiger partial charge in [0.05, 0.1) is 7.11 Å². The second kappa shape index (κ2) is 5.83. The predicted octanol–water partition coefficient (Wildman–Crippen LogP) is 4.38. The molecule has 18 heavy (non-hydrogen) atoms. The first-order valence-corrected chi connectivity index (χ1v) is 6.91. The van der Waals surface area contributed by atoms with Crippen LogP contribution < -0.4 is 0 Å². The van der Waals surface area contributed by atoms with E-state index < -0.39 is 0 Å². The lowest BCUT2D eigenvalue weighted by Crippen LogP contribution is -1.95. The van der Waals surface area contributed by atoms with Crippen molar-refractivity contribution < 1.29 is 4.74 Å². The van der Waals surface area contributed by atoms with Crippen molar-refractivity contribution in [2.75, 3.05) is 7.11 Å². The first kappa shape index (κ1) is 12.8. The third-order valence-electron chi connectivity index (χ3n) is 2.91. The van der Waals surface area contributed by atoms with Crippen molar-refractivity contribution in [2.24, 2.45) is 0 Å². The van der Waals surface area contributed by atoms with E-state index >= 15 is 0 Å². The maximum atomic E-state index is 5.41. The minimum Gasteiger partial charge on any atom is -0.496 e. The lowest BCUT2D eigenvalue weighted by molar-refractivity contribution is 0.369. The molecule has 0 fully saturated rings. The molecule has 0 atom stereocenters. The Morgan fingerprint density at radius 1 is 1.44 bits per heavy atom. The van der Waals surface area contributed by atoms with Crippen molar-refractivity contribution in [3.63, 3.8) is 0 Å². The fourth-order valence-corrected chi connectivity index (χ4v) is 2.64. The van der Waals surface area contributed by atoms with Gasteiger partial charge in [0.25, 0.3) is 0 Å². The SMILES string of the molecule is C/C=C(/OC)c1ccc(-c2nccs2)cc1CC. The summed E-state index contributed by atoms with van der Waals surface area (Å²) < 4.78 is 5.41. The maximum absolute atomic E-state index is 5.41. The second-order valence-corrected chi connectivity index (χ2v) is 4.81. The fourth-order valence-electron chi connectivity index (χ4n) is 2.01. The van der Waals surface area contributed by atoms with Gasteiger partial charge in [-0.05, 0) is 31.1 Å². The Kier molecular flexibility index (Phi) is 4.15. The van der Waals surface area contributed by atoms with Crippen LogP contribution in [0, 0.1) is 0 Å². The molecule has 3 heteroatoms. The standard InChI is InChI=1S/C15H17NOS/c1-4-11-10-12(15-16-8-9-18-15)6-7-13(11)14(5-2)17-3/h5-10H,4H2,1-3H3/b14-5+. The van der Waals surface area contributed by atoms with E-state index in [1.54, 1.807) is 18.4 Å². The maximum Gasteiger partial charge on any atom is 0.123 e. The smallest absolute Gasteiger partial charge is 0.123 e. The van der Waals surface area contributed by atoms with Crippen LogP contribution in [0.1, 0.15) is 25.0 Å². The summed E-state index contributed by atoms with van der Waals surface area (Å²) in [5, 5.41) is 3.07. The van der Waals surface area contributed by atoms with E-state index in [0.717, 1.165) is 17.2 Å². The Morgan fingerprint density at radius 3 is 2.83 bits per heavy atom. The van der Waals surface area contributed by atoms with E-state index in [1.807, 2.05) is 24.6 Å². The third kappa shape index (κ3) is 2.46. The Morgan fingerprint density at radius 2 is 2.28 bits per heavy atom. The normalized spacial score (nSPS) is 11.6. The molecule has 0 aliphatic carbocycles. The number of rotatable bonds is 4. The summed E-state index contributed by atoms with van der Waals surface area (Å²) >= 11 is 1.66. The molecule has 0 radical (unpaired) electrons. The summed E-state index contributed by atoms with van der Waals surface area (Å²) in [5.41, 5.74) is 3.64. The minimum atomic E-state index is 0.928. The van der Waals surface area contributed by atoms with Crippen molar-refractivity contribution in [1.29, 1.82) is 0 Å². The zero-order chi connectivity index (χ0) is 13.0. The molecule has 0 saturated heterocycles. The van der Waals surface area contributed by atoms with Crippen LogP contribution in [0.5, 0.6) is 0 Å². The van der Waals surface area contributed by atoms with Crippen LogP contribution in [-0.4, -0.2) is 12.1 Å². The van der Waals surface area contributed by atoms with Gasteiger partial charge in [0, 0.05) is 22.7 Å². The highest BCUT2D eigenvalue weighted by Crippen LogP contribution is 2.28. The summed E-state index contributed by atoms with van der Waals surface area (Å²) in [5.74, 6) is 0.928. The topological polar surface area (TPSA) is 22.1 Å². The molecule has 2 nitrogen and oxygen atoms in total. The third-order valence-corrected chi connectivity index (χ3v) is 3.74. The van der Waals surface area contributed by atoms with Crippen LogP contribution in [0.3, 0.4) is 0 Å². The molecule has 0 unspecified atom stereocenters. The Balaban J connectivity index is 2.47. The summed E-state index contributed by atoms with van der Waals surface area (Å²) in [4.78, 5) is 4.35.